The molecule has 3 aliphatic heterocycles. The Balaban J connectivity index is 1.74. The summed E-state index contributed by atoms with van der Waals surface area (Å²) in [6.45, 7) is 2.99. The van der Waals surface area contributed by atoms with Crippen LogP contribution in [0.5, 0.6) is 5.75 Å². The predicted molar refractivity (Wildman–Crippen MR) is 73.8 cm³/mol. The molecule has 0 bridgehead atoms. The van der Waals surface area contributed by atoms with Crippen molar-refractivity contribution in [2.75, 3.05) is 24.7 Å². The van der Waals surface area contributed by atoms with Gasteiger partial charge in [0.05, 0.1) is 30.3 Å². The van der Waals surface area contributed by atoms with Gasteiger partial charge >= 0.3 is 0 Å². The molecule has 1 aromatic carbocycles. The number of benzene rings is 1. The molecular formula is C14H16N2O5. The number of aliphatic hydroxyl groups is 1. The molecule has 3 atom stereocenters. The third kappa shape index (κ3) is 1.74. The van der Waals surface area contributed by atoms with Crippen LogP contribution in [0.1, 0.15) is 12.5 Å². The second-order valence-corrected chi connectivity index (χ2v) is 6.18. The Kier molecular flexibility index (Phi) is 2.50. The molecule has 7 nitrogen and oxygen atoms in total. The molecule has 4 rings (SSSR count). The van der Waals surface area contributed by atoms with Gasteiger partial charge in [-0.05, 0) is 6.92 Å². The van der Waals surface area contributed by atoms with Gasteiger partial charge < -0.3 is 19.5 Å². The van der Waals surface area contributed by atoms with Crippen molar-refractivity contribution in [3.05, 3.63) is 27.8 Å². The molecule has 7 heteroatoms. The SMILES string of the molecule is CC1(CO)Cc2cc([N+](=O)[O-])c(N3C[C@H]4OCC43)cc2O1. The van der Waals surface area contributed by atoms with Crippen molar-refractivity contribution in [2.24, 2.45) is 0 Å². The Morgan fingerprint density at radius 2 is 2.38 bits per heavy atom. The smallest absolute Gasteiger partial charge is 0.293 e. The first-order valence-corrected chi connectivity index (χ1v) is 7.00. The van der Waals surface area contributed by atoms with Gasteiger partial charge in [0.1, 0.15) is 17.0 Å². The highest BCUT2D eigenvalue weighted by Crippen LogP contribution is 2.46. The Morgan fingerprint density at radius 3 is 2.90 bits per heavy atom. The topological polar surface area (TPSA) is 85.1 Å². The molecule has 1 aromatic rings. The van der Waals surface area contributed by atoms with Gasteiger partial charge in [-0.3, -0.25) is 10.1 Å². The molecule has 0 amide bonds. The summed E-state index contributed by atoms with van der Waals surface area (Å²) in [6, 6.07) is 3.56. The van der Waals surface area contributed by atoms with Crippen LogP contribution in [-0.4, -0.2) is 47.5 Å². The van der Waals surface area contributed by atoms with Gasteiger partial charge in [-0.15, -0.1) is 0 Å². The van der Waals surface area contributed by atoms with E-state index < -0.39 is 5.60 Å². The summed E-state index contributed by atoms with van der Waals surface area (Å²) in [6.07, 6.45) is 0.691. The summed E-state index contributed by atoms with van der Waals surface area (Å²) >= 11 is 0. The summed E-state index contributed by atoms with van der Waals surface area (Å²) in [5, 5.41) is 20.8. The van der Waals surface area contributed by atoms with Crippen molar-refractivity contribution in [2.45, 2.75) is 31.1 Å². The van der Waals surface area contributed by atoms with Crippen molar-refractivity contribution in [3.63, 3.8) is 0 Å². The largest absolute Gasteiger partial charge is 0.484 e. The zero-order chi connectivity index (χ0) is 14.8. The second-order valence-electron chi connectivity index (χ2n) is 6.18. The lowest BCUT2D eigenvalue weighted by Gasteiger charge is -2.55. The number of anilines is 1. The van der Waals surface area contributed by atoms with Gasteiger partial charge in [0, 0.05) is 30.7 Å². The number of morpholine rings is 1. The zero-order valence-corrected chi connectivity index (χ0v) is 11.6. The van der Waals surface area contributed by atoms with E-state index in [0.717, 1.165) is 5.56 Å². The molecule has 0 saturated carbocycles. The highest BCUT2D eigenvalue weighted by atomic mass is 16.6. The molecule has 0 aromatic heterocycles. The maximum absolute atomic E-state index is 11.4. The van der Waals surface area contributed by atoms with Gasteiger partial charge in [0.15, 0.2) is 0 Å². The van der Waals surface area contributed by atoms with Crippen LogP contribution in [0.4, 0.5) is 11.4 Å². The monoisotopic (exact) mass is 292 g/mol. The molecule has 0 spiro atoms. The highest BCUT2D eigenvalue weighted by molar-refractivity contribution is 5.71. The van der Waals surface area contributed by atoms with Crippen molar-refractivity contribution < 1.29 is 19.5 Å². The minimum Gasteiger partial charge on any atom is -0.484 e. The van der Waals surface area contributed by atoms with E-state index in [2.05, 4.69) is 0 Å². The molecule has 0 aliphatic carbocycles. The van der Waals surface area contributed by atoms with Gasteiger partial charge in [0.2, 0.25) is 0 Å². The van der Waals surface area contributed by atoms with Gasteiger partial charge in [-0.1, -0.05) is 0 Å². The normalized spacial score (nSPS) is 32.6. The first kappa shape index (κ1) is 12.8. The summed E-state index contributed by atoms with van der Waals surface area (Å²) in [5.74, 6) is 0.635. The minimum atomic E-state index is -0.689. The number of fused-ring (bicyclic) bond motifs is 2. The Morgan fingerprint density at radius 1 is 1.57 bits per heavy atom. The summed E-state index contributed by atoms with van der Waals surface area (Å²) in [4.78, 5) is 13.0. The van der Waals surface area contributed by atoms with Crippen molar-refractivity contribution >= 4 is 11.4 Å². The summed E-state index contributed by atoms with van der Waals surface area (Å²) in [5.41, 5.74) is 0.783. The highest BCUT2D eigenvalue weighted by Gasteiger charge is 2.49. The van der Waals surface area contributed by atoms with Crippen LogP contribution in [0, 0.1) is 10.1 Å². The summed E-state index contributed by atoms with van der Waals surface area (Å²) in [7, 11) is 0. The maximum Gasteiger partial charge on any atom is 0.293 e. The van der Waals surface area contributed by atoms with Gasteiger partial charge in [0.25, 0.3) is 5.69 Å². The maximum atomic E-state index is 11.4. The van der Waals surface area contributed by atoms with Gasteiger partial charge in [-0.2, -0.15) is 0 Å². The number of rotatable bonds is 3. The average Bonchev–Trinajstić information content (AvgIpc) is 2.76. The van der Waals surface area contributed by atoms with Crippen LogP contribution in [0.2, 0.25) is 0 Å². The zero-order valence-electron chi connectivity index (χ0n) is 11.6. The quantitative estimate of drug-likeness (QED) is 0.657. The lowest BCUT2D eigenvalue weighted by atomic mass is 9.92. The molecule has 1 N–H and O–H groups in total. The lowest BCUT2D eigenvalue weighted by Crippen LogP contribution is -2.71. The standard InChI is InChI=1S/C14H16N2O5/c1-14(7-17)4-8-2-10(16(18)19)9(3-12(8)21-14)15-5-13-11(15)6-20-13/h2-3,11,13,17H,4-7H2,1H3/t11?,13-,14?/m1/s1. The molecule has 2 fully saturated rings. The third-order valence-corrected chi connectivity index (χ3v) is 4.61. The first-order valence-electron chi connectivity index (χ1n) is 7.00. The van der Waals surface area contributed by atoms with E-state index in [1.807, 2.05) is 4.90 Å². The molecule has 2 unspecified atom stereocenters. The molecule has 3 aliphatic rings. The van der Waals surface area contributed by atoms with E-state index in [4.69, 9.17) is 9.47 Å². The number of nitro groups is 1. The third-order valence-electron chi connectivity index (χ3n) is 4.61. The van der Waals surface area contributed by atoms with E-state index >= 15 is 0 Å². The van der Waals surface area contributed by atoms with Gasteiger partial charge in [-0.25, -0.2) is 0 Å². The fourth-order valence-electron chi connectivity index (χ4n) is 3.25. The van der Waals surface area contributed by atoms with Crippen molar-refractivity contribution in [1.82, 2.24) is 0 Å². The Bertz CT molecular complexity index is 634. The van der Waals surface area contributed by atoms with Crippen LogP contribution < -0.4 is 9.64 Å². The fraction of sp³-hybridized carbons (Fsp3) is 0.571. The van der Waals surface area contributed by atoms with Crippen LogP contribution in [-0.2, 0) is 11.2 Å². The van der Waals surface area contributed by atoms with E-state index in [1.54, 1.807) is 19.1 Å². The van der Waals surface area contributed by atoms with E-state index in [0.29, 0.717) is 31.0 Å². The van der Waals surface area contributed by atoms with Crippen LogP contribution in [0.15, 0.2) is 12.1 Å². The van der Waals surface area contributed by atoms with E-state index in [9.17, 15) is 15.2 Å². The van der Waals surface area contributed by atoms with Crippen LogP contribution >= 0.6 is 0 Å². The number of nitro benzene ring substituents is 1. The number of ether oxygens (including phenoxy) is 2. The van der Waals surface area contributed by atoms with Crippen molar-refractivity contribution in [1.29, 1.82) is 0 Å². The van der Waals surface area contributed by atoms with Crippen LogP contribution in [0.3, 0.4) is 0 Å². The number of hydrogen-bond donors (Lipinski definition) is 1. The summed E-state index contributed by atoms with van der Waals surface area (Å²) < 4.78 is 11.1. The second kappa shape index (κ2) is 4.08. The molecular weight excluding hydrogens is 276 g/mol. The molecule has 3 heterocycles. The molecule has 0 radical (unpaired) electrons. The fourth-order valence-corrected chi connectivity index (χ4v) is 3.25. The molecule has 21 heavy (non-hydrogen) atoms. The molecule has 2 saturated heterocycles. The van der Waals surface area contributed by atoms with E-state index in [1.165, 1.54) is 0 Å². The number of nitrogens with zero attached hydrogens (tertiary/aromatic N) is 2. The van der Waals surface area contributed by atoms with Crippen LogP contribution in [0.25, 0.3) is 0 Å². The number of hydrogen-bond acceptors (Lipinski definition) is 6. The average molecular weight is 292 g/mol. The minimum absolute atomic E-state index is 0.102. The molecule has 112 valence electrons. The first-order chi connectivity index (χ1) is 10.0. The van der Waals surface area contributed by atoms with E-state index in [-0.39, 0.29) is 29.4 Å². The van der Waals surface area contributed by atoms with Crippen molar-refractivity contribution in [3.8, 4) is 5.75 Å². The Hall–Kier alpha value is -1.86. The predicted octanol–water partition coefficient (Wildman–Crippen LogP) is 0.868. The Labute approximate surface area is 121 Å². The lowest BCUT2D eigenvalue weighted by molar-refractivity contribution is -0.384. The number of aliphatic hydroxyl groups excluding tert-OH is 1.